The molecule has 0 aliphatic carbocycles. The smallest absolute Gasteiger partial charge is 0.120 e. The summed E-state index contributed by atoms with van der Waals surface area (Å²) in [6, 6.07) is 6.91. The average molecular weight is 229 g/mol. The third-order valence-corrected chi connectivity index (χ3v) is 3.03. The van der Waals surface area contributed by atoms with E-state index in [1.54, 1.807) is 6.20 Å². The van der Waals surface area contributed by atoms with E-state index in [4.69, 9.17) is 0 Å². The van der Waals surface area contributed by atoms with Crippen LogP contribution in [0.1, 0.15) is 35.5 Å². The van der Waals surface area contributed by atoms with Crippen molar-refractivity contribution in [2.45, 2.75) is 33.4 Å². The Morgan fingerprint density at radius 2 is 2.18 bits per heavy atom. The summed E-state index contributed by atoms with van der Waals surface area (Å²) in [7, 11) is 0. The fourth-order valence-corrected chi connectivity index (χ4v) is 1.98. The van der Waals surface area contributed by atoms with Gasteiger partial charge in [-0.1, -0.05) is 23.8 Å². The highest BCUT2D eigenvalue weighted by atomic mass is 15.0. The van der Waals surface area contributed by atoms with E-state index in [9.17, 15) is 0 Å². The van der Waals surface area contributed by atoms with Gasteiger partial charge in [-0.05, 0) is 31.9 Å². The number of hydrogen-bond donors (Lipinski definition) is 2. The van der Waals surface area contributed by atoms with E-state index in [0.29, 0.717) is 6.04 Å². The largest absolute Gasteiger partial charge is 0.348 e. The Bertz CT molecular complexity index is 474. The van der Waals surface area contributed by atoms with Gasteiger partial charge in [-0.3, -0.25) is 0 Å². The van der Waals surface area contributed by atoms with Crippen molar-refractivity contribution in [2.24, 2.45) is 0 Å². The van der Waals surface area contributed by atoms with Gasteiger partial charge in [0.15, 0.2) is 0 Å². The van der Waals surface area contributed by atoms with Crippen molar-refractivity contribution in [1.29, 1.82) is 0 Å². The molecular weight excluding hydrogens is 210 g/mol. The zero-order valence-corrected chi connectivity index (χ0v) is 10.6. The molecule has 0 bridgehead atoms. The summed E-state index contributed by atoms with van der Waals surface area (Å²) in [6.45, 7) is 7.23. The Morgan fingerprint density at radius 1 is 1.35 bits per heavy atom. The lowest BCUT2D eigenvalue weighted by Crippen LogP contribution is -2.19. The van der Waals surface area contributed by atoms with Crippen LogP contribution in [0.15, 0.2) is 30.6 Å². The van der Waals surface area contributed by atoms with E-state index >= 15 is 0 Å². The number of benzene rings is 1. The Balaban J connectivity index is 2.04. The molecule has 0 aliphatic rings. The molecule has 1 heterocycles. The standard InChI is InChI=1S/C14H19N3/c1-10-4-5-11(2)13(8-10)12(3)17-9-14-15-6-7-16-14/h4-8,12,17H,9H2,1-3H3,(H,15,16). The van der Waals surface area contributed by atoms with Crippen LogP contribution in [-0.4, -0.2) is 9.97 Å². The van der Waals surface area contributed by atoms with E-state index in [0.717, 1.165) is 12.4 Å². The summed E-state index contributed by atoms with van der Waals surface area (Å²) in [5, 5.41) is 3.48. The van der Waals surface area contributed by atoms with Crippen LogP contribution in [0.25, 0.3) is 0 Å². The molecule has 0 saturated heterocycles. The number of aromatic amines is 1. The van der Waals surface area contributed by atoms with Gasteiger partial charge in [0.25, 0.3) is 0 Å². The Kier molecular flexibility index (Phi) is 3.59. The first-order chi connectivity index (χ1) is 8.16. The van der Waals surface area contributed by atoms with Gasteiger partial charge in [0.1, 0.15) is 5.82 Å². The quantitative estimate of drug-likeness (QED) is 0.846. The normalized spacial score (nSPS) is 12.6. The van der Waals surface area contributed by atoms with Crippen LogP contribution >= 0.6 is 0 Å². The van der Waals surface area contributed by atoms with E-state index in [1.165, 1.54) is 16.7 Å². The van der Waals surface area contributed by atoms with E-state index in [-0.39, 0.29) is 0 Å². The lowest BCUT2D eigenvalue weighted by molar-refractivity contribution is 0.559. The maximum absolute atomic E-state index is 4.20. The highest BCUT2D eigenvalue weighted by molar-refractivity contribution is 5.32. The van der Waals surface area contributed by atoms with Gasteiger partial charge < -0.3 is 10.3 Å². The van der Waals surface area contributed by atoms with Crippen molar-refractivity contribution < 1.29 is 0 Å². The minimum atomic E-state index is 0.333. The van der Waals surface area contributed by atoms with E-state index < -0.39 is 0 Å². The molecule has 0 aliphatic heterocycles. The SMILES string of the molecule is Cc1ccc(C)c(C(C)NCc2ncc[nH]2)c1. The summed E-state index contributed by atoms with van der Waals surface area (Å²) < 4.78 is 0. The molecular formula is C14H19N3. The minimum absolute atomic E-state index is 0.333. The topological polar surface area (TPSA) is 40.7 Å². The summed E-state index contributed by atoms with van der Waals surface area (Å²) in [4.78, 5) is 7.30. The minimum Gasteiger partial charge on any atom is -0.348 e. The Labute approximate surface area is 102 Å². The van der Waals surface area contributed by atoms with Gasteiger partial charge in [-0.2, -0.15) is 0 Å². The molecule has 1 atom stereocenters. The Hall–Kier alpha value is -1.61. The van der Waals surface area contributed by atoms with Crippen LogP contribution in [0.2, 0.25) is 0 Å². The molecule has 1 aromatic carbocycles. The van der Waals surface area contributed by atoms with Crippen LogP contribution in [0.4, 0.5) is 0 Å². The molecule has 2 rings (SSSR count). The first-order valence-corrected chi connectivity index (χ1v) is 5.95. The fourth-order valence-electron chi connectivity index (χ4n) is 1.98. The van der Waals surface area contributed by atoms with Crippen molar-refractivity contribution in [3.63, 3.8) is 0 Å². The molecule has 0 radical (unpaired) electrons. The maximum atomic E-state index is 4.20. The second kappa shape index (κ2) is 5.15. The van der Waals surface area contributed by atoms with Crippen LogP contribution in [0.5, 0.6) is 0 Å². The number of imidazole rings is 1. The molecule has 90 valence electrons. The average Bonchev–Trinajstić information content (AvgIpc) is 2.82. The molecule has 0 spiro atoms. The number of H-pyrrole nitrogens is 1. The monoisotopic (exact) mass is 229 g/mol. The van der Waals surface area contributed by atoms with Gasteiger partial charge >= 0.3 is 0 Å². The van der Waals surface area contributed by atoms with Crippen LogP contribution in [0.3, 0.4) is 0 Å². The molecule has 17 heavy (non-hydrogen) atoms. The third-order valence-electron chi connectivity index (χ3n) is 3.03. The van der Waals surface area contributed by atoms with Gasteiger partial charge in [-0.25, -0.2) is 4.98 Å². The van der Waals surface area contributed by atoms with Crippen molar-refractivity contribution in [3.8, 4) is 0 Å². The lowest BCUT2D eigenvalue weighted by atomic mass is 10.00. The highest BCUT2D eigenvalue weighted by Gasteiger charge is 2.08. The molecule has 0 amide bonds. The maximum Gasteiger partial charge on any atom is 0.120 e. The molecule has 0 fully saturated rings. The highest BCUT2D eigenvalue weighted by Crippen LogP contribution is 2.18. The summed E-state index contributed by atoms with van der Waals surface area (Å²) in [6.07, 6.45) is 3.62. The predicted molar refractivity (Wildman–Crippen MR) is 69.8 cm³/mol. The summed E-state index contributed by atoms with van der Waals surface area (Å²) >= 11 is 0. The number of aryl methyl sites for hydroxylation is 2. The molecule has 0 saturated carbocycles. The number of aromatic nitrogens is 2. The molecule has 2 aromatic rings. The van der Waals surface area contributed by atoms with Crippen molar-refractivity contribution in [1.82, 2.24) is 15.3 Å². The van der Waals surface area contributed by atoms with Crippen LogP contribution in [0, 0.1) is 13.8 Å². The summed E-state index contributed by atoms with van der Waals surface area (Å²) in [5.74, 6) is 0.974. The van der Waals surface area contributed by atoms with Gasteiger partial charge in [0.2, 0.25) is 0 Å². The Morgan fingerprint density at radius 3 is 2.88 bits per heavy atom. The zero-order valence-electron chi connectivity index (χ0n) is 10.6. The van der Waals surface area contributed by atoms with Gasteiger partial charge in [-0.15, -0.1) is 0 Å². The third kappa shape index (κ3) is 2.94. The van der Waals surface area contributed by atoms with Crippen LogP contribution < -0.4 is 5.32 Å². The zero-order chi connectivity index (χ0) is 12.3. The molecule has 1 aromatic heterocycles. The number of nitrogens with one attached hydrogen (secondary N) is 2. The van der Waals surface area contributed by atoms with E-state index in [2.05, 4.69) is 54.3 Å². The molecule has 2 N–H and O–H groups in total. The molecule has 1 unspecified atom stereocenters. The number of rotatable bonds is 4. The van der Waals surface area contributed by atoms with Gasteiger partial charge in [0, 0.05) is 18.4 Å². The first-order valence-electron chi connectivity index (χ1n) is 5.95. The van der Waals surface area contributed by atoms with Crippen molar-refractivity contribution in [2.75, 3.05) is 0 Å². The first kappa shape index (κ1) is 11.9. The van der Waals surface area contributed by atoms with E-state index in [1.807, 2.05) is 6.20 Å². The lowest BCUT2D eigenvalue weighted by Gasteiger charge is -2.16. The van der Waals surface area contributed by atoms with Gasteiger partial charge in [0.05, 0.1) is 6.54 Å². The van der Waals surface area contributed by atoms with Crippen LogP contribution in [-0.2, 0) is 6.54 Å². The fraction of sp³-hybridized carbons (Fsp3) is 0.357. The number of nitrogens with zero attached hydrogens (tertiary/aromatic N) is 1. The second-order valence-corrected chi connectivity index (χ2v) is 4.50. The van der Waals surface area contributed by atoms with Crippen molar-refractivity contribution >= 4 is 0 Å². The number of hydrogen-bond acceptors (Lipinski definition) is 2. The summed E-state index contributed by atoms with van der Waals surface area (Å²) in [5.41, 5.74) is 3.99. The molecule has 3 heteroatoms. The predicted octanol–water partition coefficient (Wildman–Crippen LogP) is 2.88. The molecule has 3 nitrogen and oxygen atoms in total. The second-order valence-electron chi connectivity index (χ2n) is 4.50. The van der Waals surface area contributed by atoms with Crippen molar-refractivity contribution in [3.05, 3.63) is 53.1 Å².